The number of piperidine rings is 1. The molecule has 0 saturated carbocycles. The largest absolute Gasteiger partial charge is 0.385 e. The lowest BCUT2D eigenvalue weighted by atomic mass is 9.84. The highest BCUT2D eigenvalue weighted by molar-refractivity contribution is 7.92. The number of nitrogens with zero attached hydrogens (tertiary/aromatic N) is 2. The lowest BCUT2D eigenvalue weighted by Gasteiger charge is -2.39. The average molecular weight is 556 g/mol. The van der Waals surface area contributed by atoms with Gasteiger partial charge in [-0.15, -0.1) is 0 Å². The fourth-order valence-electron chi connectivity index (χ4n) is 4.50. The first-order valence-electron chi connectivity index (χ1n) is 11.6. The summed E-state index contributed by atoms with van der Waals surface area (Å²) >= 11 is 12.6. The van der Waals surface area contributed by atoms with E-state index in [1.165, 1.54) is 24.3 Å². The maximum absolute atomic E-state index is 13.1. The Bertz CT molecular complexity index is 1600. The zero-order valence-corrected chi connectivity index (χ0v) is 21.9. The Morgan fingerprint density at radius 3 is 2.35 bits per heavy atom. The summed E-state index contributed by atoms with van der Waals surface area (Å²) < 4.78 is 28.3. The molecule has 1 aliphatic rings. The molecular weight excluding hydrogens is 533 g/mol. The highest BCUT2D eigenvalue weighted by Gasteiger charge is 2.37. The van der Waals surface area contributed by atoms with E-state index in [0.717, 1.165) is 5.39 Å². The number of aromatic nitrogens is 1. The van der Waals surface area contributed by atoms with Gasteiger partial charge in [0.25, 0.3) is 15.9 Å². The van der Waals surface area contributed by atoms with Gasteiger partial charge in [0.1, 0.15) is 0 Å². The number of carbonyl (C=O) groups is 1. The third-order valence-electron chi connectivity index (χ3n) is 6.56. The number of para-hydroxylation sites is 1. The van der Waals surface area contributed by atoms with Crippen LogP contribution in [0.4, 0.5) is 5.69 Å². The van der Waals surface area contributed by atoms with Gasteiger partial charge in [0.15, 0.2) is 5.03 Å². The van der Waals surface area contributed by atoms with Crippen molar-refractivity contribution in [3.63, 3.8) is 0 Å². The van der Waals surface area contributed by atoms with Crippen LogP contribution in [0.5, 0.6) is 0 Å². The minimum Gasteiger partial charge on any atom is -0.385 e. The minimum absolute atomic E-state index is 0.0831. The number of benzene rings is 3. The van der Waals surface area contributed by atoms with E-state index >= 15 is 0 Å². The molecule has 0 radical (unpaired) electrons. The molecule has 37 heavy (non-hydrogen) atoms. The molecule has 3 aromatic carbocycles. The number of sulfonamides is 1. The first-order chi connectivity index (χ1) is 17.7. The first-order valence-corrected chi connectivity index (χ1v) is 13.9. The molecule has 1 saturated heterocycles. The normalized spacial score (nSPS) is 15.5. The Morgan fingerprint density at radius 1 is 0.919 bits per heavy atom. The number of hydrogen-bond donors (Lipinski definition) is 2. The van der Waals surface area contributed by atoms with Crippen LogP contribution in [0.2, 0.25) is 10.0 Å². The van der Waals surface area contributed by atoms with E-state index in [0.29, 0.717) is 47.6 Å². The predicted molar refractivity (Wildman–Crippen MR) is 144 cm³/mol. The molecule has 0 atom stereocenters. The van der Waals surface area contributed by atoms with Crippen LogP contribution in [0.3, 0.4) is 0 Å². The second kappa shape index (κ2) is 9.95. The van der Waals surface area contributed by atoms with E-state index in [1.54, 1.807) is 41.3 Å². The maximum atomic E-state index is 13.1. The number of carbonyl (C=O) groups excluding carboxylic acids is 1. The molecule has 0 aliphatic carbocycles. The number of amides is 1. The number of hydrogen-bond acceptors (Lipinski definition) is 5. The topological polar surface area (TPSA) is 99.6 Å². The van der Waals surface area contributed by atoms with Crippen LogP contribution < -0.4 is 4.72 Å². The van der Waals surface area contributed by atoms with Crippen molar-refractivity contribution in [3.05, 3.63) is 100 Å². The van der Waals surface area contributed by atoms with Crippen LogP contribution >= 0.6 is 23.2 Å². The van der Waals surface area contributed by atoms with Crippen LogP contribution in [-0.4, -0.2) is 42.4 Å². The molecule has 2 N–H and O–H groups in total. The summed E-state index contributed by atoms with van der Waals surface area (Å²) in [5, 5.41) is 12.4. The fourth-order valence-corrected chi connectivity index (χ4v) is 6.13. The lowest BCUT2D eigenvalue weighted by molar-refractivity contribution is -0.0210. The first kappa shape index (κ1) is 25.5. The summed E-state index contributed by atoms with van der Waals surface area (Å²) in [6, 6.07) is 21.9. The van der Waals surface area contributed by atoms with Gasteiger partial charge >= 0.3 is 0 Å². The van der Waals surface area contributed by atoms with Gasteiger partial charge in [-0.1, -0.05) is 59.6 Å². The second-order valence-electron chi connectivity index (χ2n) is 8.95. The van der Waals surface area contributed by atoms with Crippen LogP contribution in [0.15, 0.2) is 83.9 Å². The zero-order chi connectivity index (χ0) is 26.2. The molecule has 4 aromatic rings. The summed E-state index contributed by atoms with van der Waals surface area (Å²) in [6.45, 7) is 0.667. The highest BCUT2D eigenvalue weighted by atomic mass is 35.5. The Morgan fingerprint density at radius 2 is 1.62 bits per heavy atom. The third-order valence-corrected chi connectivity index (χ3v) is 8.47. The van der Waals surface area contributed by atoms with Crippen molar-refractivity contribution < 1.29 is 18.3 Å². The molecule has 190 valence electrons. The van der Waals surface area contributed by atoms with Crippen molar-refractivity contribution >= 4 is 55.7 Å². The van der Waals surface area contributed by atoms with Gasteiger partial charge in [-0.25, -0.2) is 4.98 Å². The molecule has 2 heterocycles. The molecule has 0 unspecified atom stereocenters. The highest BCUT2D eigenvalue weighted by Crippen LogP contribution is 2.37. The molecule has 7 nitrogen and oxygen atoms in total. The Kier molecular flexibility index (Phi) is 6.85. The molecule has 1 aliphatic heterocycles. The molecule has 10 heteroatoms. The van der Waals surface area contributed by atoms with Crippen molar-refractivity contribution in [3.8, 4) is 0 Å². The monoisotopic (exact) mass is 555 g/mol. The van der Waals surface area contributed by atoms with E-state index < -0.39 is 15.6 Å². The van der Waals surface area contributed by atoms with Crippen molar-refractivity contribution in [1.29, 1.82) is 0 Å². The summed E-state index contributed by atoms with van der Waals surface area (Å²) in [6.07, 6.45) is 0.680. The number of likely N-dealkylation sites (tertiary alicyclic amines) is 1. The second-order valence-corrected chi connectivity index (χ2v) is 11.4. The Balaban J connectivity index is 1.29. The lowest BCUT2D eigenvalue weighted by Crippen LogP contribution is -2.45. The van der Waals surface area contributed by atoms with Crippen LogP contribution in [-0.2, 0) is 15.6 Å². The standard InChI is InChI=1S/C27H23Cl2N3O4S/c28-21-7-3-2-6-20(21)27(34)13-15-32(16-14-27)26(33)19-9-11-24(22(29)17-19)31-37(35,36)25-12-10-18-5-1-4-8-23(18)30-25/h1-12,17,31,34H,13-16H2. The number of halogens is 2. The number of anilines is 1. The molecule has 1 aromatic heterocycles. The van der Waals surface area contributed by atoms with Crippen molar-refractivity contribution in [2.75, 3.05) is 17.8 Å². The van der Waals surface area contributed by atoms with E-state index in [2.05, 4.69) is 9.71 Å². The van der Waals surface area contributed by atoms with E-state index in [-0.39, 0.29) is 21.6 Å². The van der Waals surface area contributed by atoms with E-state index in [9.17, 15) is 18.3 Å². The summed E-state index contributed by atoms with van der Waals surface area (Å²) in [4.78, 5) is 19.0. The van der Waals surface area contributed by atoms with E-state index in [1.807, 2.05) is 18.2 Å². The molecule has 0 bridgehead atoms. The van der Waals surface area contributed by atoms with Gasteiger partial charge in [-0.2, -0.15) is 8.42 Å². The number of aliphatic hydroxyl groups is 1. The van der Waals surface area contributed by atoms with Gasteiger partial charge in [0.05, 0.1) is 21.8 Å². The minimum atomic E-state index is -4.00. The number of nitrogens with one attached hydrogen (secondary N) is 1. The molecule has 1 fully saturated rings. The molecular formula is C27H23Cl2N3O4S. The number of fused-ring (bicyclic) bond motifs is 1. The van der Waals surface area contributed by atoms with Gasteiger partial charge in [-0.05, 0) is 55.3 Å². The van der Waals surface area contributed by atoms with Crippen molar-refractivity contribution in [1.82, 2.24) is 9.88 Å². The van der Waals surface area contributed by atoms with Crippen molar-refractivity contribution in [2.24, 2.45) is 0 Å². The zero-order valence-electron chi connectivity index (χ0n) is 19.6. The van der Waals surface area contributed by atoms with Crippen LogP contribution in [0.1, 0.15) is 28.8 Å². The Hall–Kier alpha value is -3.17. The average Bonchev–Trinajstić information content (AvgIpc) is 2.89. The SMILES string of the molecule is O=C(c1ccc(NS(=O)(=O)c2ccc3ccccc3n2)c(Cl)c1)N1CCC(O)(c2ccccc2Cl)CC1. The molecule has 0 spiro atoms. The van der Waals surface area contributed by atoms with Crippen LogP contribution in [0, 0.1) is 0 Å². The third kappa shape index (κ3) is 5.15. The summed E-state index contributed by atoms with van der Waals surface area (Å²) in [5.74, 6) is -0.256. The number of pyridine rings is 1. The summed E-state index contributed by atoms with van der Waals surface area (Å²) in [7, 11) is -4.00. The van der Waals surface area contributed by atoms with Gasteiger partial charge in [0.2, 0.25) is 0 Å². The van der Waals surface area contributed by atoms with Crippen molar-refractivity contribution in [2.45, 2.75) is 23.5 Å². The Labute approximate surface area is 224 Å². The maximum Gasteiger partial charge on any atom is 0.279 e. The number of rotatable bonds is 5. The molecule has 5 rings (SSSR count). The quantitative estimate of drug-likeness (QED) is 0.340. The van der Waals surface area contributed by atoms with Gasteiger partial charge in [-0.3, -0.25) is 9.52 Å². The van der Waals surface area contributed by atoms with E-state index in [4.69, 9.17) is 23.2 Å². The predicted octanol–water partition coefficient (Wildman–Crippen LogP) is 5.47. The smallest absolute Gasteiger partial charge is 0.279 e. The van der Waals surface area contributed by atoms with Crippen LogP contribution in [0.25, 0.3) is 10.9 Å². The summed E-state index contributed by atoms with van der Waals surface area (Å²) in [5.41, 5.74) is 0.565. The fraction of sp³-hybridized carbons (Fsp3) is 0.185. The molecule has 1 amide bonds. The van der Waals surface area contributed by atoms with Gasteiger partial charge in [0, 0.05) is 34.6 Å². The van der Waals surface area contributed by atoms with Gasteiger partial charge < -0.3 is 10.0 Å².